The first kappa shape index (κ1) is 25.2. The van der Waals surface area contributed by atoms with Crippen LogP contribution >= 0.6 is 23.2 Å². The standard InChI is InChI=1S/C25H31Cl2N3O3/c1-16-12-17(2)23(20(27)13-16)33-15-22(31)28-18-6-7-21(19(26)14-18)29-8-10-30(11-9-29)24(32)25(3,4)5/h6-7,12-14H,8-11,15H2,1-5H3,(H,28,31). The summed E-state index contributed by atoms with van der Waals surface area (Å²) in [7, 11) is 0. The fraction of sp³-hybridized carbons (Fsp3) is 0.440. The number of nitrogens with zero attached hydrogens (tertiary/aromatic N) is 2. The number of rotatable bonds is 5. The number of aryl methyl sites for hydroxylation is 2. The number of carbonyl (C=O) groups is 2. The zero-order valence-corrected chi connectivity index (χ0v) is 21.3. The molecular weight excluding hydrogens is 461 g/mol. The van der Waals surface area contributed by atoms with Crippen LogP contribution in [-0.4, -0.2) is 49.5 Å². The highest BCUT2D eigenvalue weighted by molar-refractivity contribution is 6.33. The summed E-state index contributed by atoms with van der Waals surface area (Å²) in [6, 6.07) is 9.19. The van der Waals surface area contributed by atoms with E-state index in [0.29, 0.717) is 47.7 Å². The van der Waals surface area contributed by atoms with Crippen molar-refractivity contribution in [2.45, 2.75) is 34.6 Å². The molecule has 0 aliphatic carbocycles. The minimum atomic E-state index is -0.382. The van der Waals surface area contributed by atoms with Gasteiger partial charge in [-0.3, -0.25) is 9.59 Å². The molecule has 1 fully saturated rings. The Morgan fingerprint density at radius 3 is 2.24 bits per heavy atom. The molecule has 1 heterocycles. The van der Waals surface area contributed by atoms with E-state index in [0.717, 1.165) is 16.8 Å². The number of amides is 2. The Kier molecular flexibility index (Phi) is 7.80. The molecule has 0 bridgehead atoms. The zero-order chi connectivity index (χ0) is 24.3. The molecule has 6 nitrogen and oxygen atoms in total. The highest BCUT2D eigenvalue weighted by atomic mass is 35.5. The molecule has 2 amide bonds. The first-order chi connectivity index (χ1) is 15.5. The van der Waals surface area contributed by atoms with E-state index in [1.54, 1.807) is 12.1 Å². The van der Waals surface area contributed by atoms with Crippen LogP contribution in [0.4, 0.5) is 11.4 Å². The average molecular weight is 492 g/mol. The van der Waals surface area contributed by atoms with E-state index >= 15 is 0 Å². The molecule has 0 spiro atoms. The van der Waals surface area contributed by atoms with Crippen LogP contribution in [0.5, 0.6) is 5.75 Å². The Bertz CT molecular complexity index is 1020. The monoisotopic (exact) mass is 491 g/mol. The summed E-state index contributed by atoms with van der Waals surface area (Å²) in [4.78, 5) is 28.9. The Morgan fingerprint density at radius 1 is 1.00 bits per heavy atom. The summed E-state index contributed by atoms with van der Waals surface area (Å²) in [6.07, 6.45) is 0. The zero-order valence-electron chi connectivity index (χ0n) is 19.8. The summed E-state index contributed by atoms with van der Waals surface area (Å²) in [5.74, 6) is 0.370. The first-order valence-electron chi connectivity index (χ1n) is 11.0. The van der Waals surface area contributed by atoms with E-state index < -0.39 is 0 Å². The Hall–Kier alpha value is -2.44. The second-order valence-corrected chi connectivity index (χ2v) is 10.2. The van der Waals surface area contributed by atoms with E-state index in [1.165, 1.54) is 0 Å². The van der Waals surface area contributed by atoms with Crippen molar-refractivity contribution in [2.75, 3.05) is 43.0 Å². The molecule has 1 saturated heterocycles. The van der Waals surface area contributed by atoms with Crippen molar-refractivity contribution < 1.29 is 14.3 Å². The number of nitrogens with one attached hydrogen (secondary N) is 1. The van der Waals surface area contributed by atoms with Gasteiger partial charge in [0.25, 0.3) is 5.91 Å². The number of hydrogen-bond acceptors (Lipinski definition) is 4. The van der Waals surface area contributed by atoms with Gasteiger partial charge in [0, 0.05) is 37.3 Å². The molecule has 0 atom stereocenters. The number of piperazine rings is 1. The predicted octanol–water partition coefficient (Wildman–Crippen LogP) is 5.32. The second-order valence-electron chi connectivity index (χ2n) is 9.43. The van der Waals surface area contributed by atoms with Gasteiger partial charge in [0.2, 0.25) is 5.91 Å². The summed E-state index contributed by atoms with van der Waals surface area (Å²) in [5, 5.41) is 3.84. The molecule has 2 aromatic rings. The normalized spacial score (nSPS) is 14.3. The van der Waals surface area contributed by atoms with Crippen molar-refractivity contribution in [3.8, 4) is 5.75 Å². The van der Waals surface area contributed by atoms with Crippen LogP contribution in [0.2, 0.25) is 10.0 Å². The van der Waals surface area contributed by atoms with Gasteiger partial charge >= 0.3 is 0 Å². The number of halogens is 2. The lowest BCUT2D eigenvalue weighted by atomic mass is 9.94. The summed E-state index contributed by atoms with van der Waals surface area (Å²) in [5.41, 5.74) is 3.00. The van der Waals surface area contributed by atoms with Crippen LogP contribution < -0.4 is 15.0 Å². The van der Waals surface area contributed by atoms with Gasteiger partial charge in [0.15, 0.2) is 6.61 Å². The predicted molar refractivity (Wildman–Crippen MR) is 135 cm³/mol. The third-order valence-electron chi connectivity index (χ3n) is 5.50. The fourth-order valence-corrected chi connectivity index (χ4v) is 4.56. The van der Waals surface area contributed by atoms with E-state index in [1.807, 2.05) is 57.7 Å². The summed E-state index contributed by atoms with van der Waals surface area (Å²) < 4.78 is 5.64. The topological polar surface area (TPSA) is 61.9 Å². The number of hydrogen-bond donors (Lipinski definition) is 1. The van der Waals surface area contributed by atoms with Gasteiger partial charge in [-0.25, -0.2) is 0 Å². The Balaban J connectivity index is 1.57. The van der Waals surface area contributed by atoms with Gasteiger partial charge in [-0.05, 0) is 49.2 Å². The first-order valence-corrected chi connectivity index (χ1v) is 11.7. The maximum absolute atomic E-state index is 12.5. The van der Waals surface area contributed by atoms with Crippen LogP contribution in [-0.2, 0) is 9.59 Å². The SMILES string of the molecule is Cc1cc(C)c(OCC(=O)Nc2ccc(N3CCN(C(=O)C(C)(C)C)CC3)c(Cl)c2)c(Cl)c1. The van der Waals surface area contributed by atoms with Gasteiger partial charge in [-0.2, -0.15) is 0 Å². The van der Waals surface area contributed by atoms with Gasteiger partial charge in [-0.15, -0.1) is 0 Å². The lowest BCUT2D eigenvalue weighted by Crippen LogP contribution is -2.51. The molecule has 33 heavy (non-hydrogen) atoms. The molecule has 3 rings (SSSR count). The lowest BCUT2D eigenvalue weighted by Gasteiger charge is -2.39. The van der Waals surface area contributed by atoms with Crippen molar-refractivity contribution >= 4 is 46.4 Å². The Morgan fingerprint density at radius 2 is 1.67 bits per heavy atom. The largest absolute Gasteiger partial charge is 0.482 e. The van der Waals surface area contributed by atoms with Crippen molar-refractivity contribution in [3.05, 3.63) is 51.5 Å². The maximum atomic E-state index is 12.5. The van der Waals surface area contributed by atoms with Crippen molar-refractivity contribution in [2.24, 2.45) is 5.41 Å². The van der Waals surface area contributed by atoms with E-state index in [9.17, 15) is 9.59 Å². The van der Waals surface area contributed by atoms with E-state index in [4.69, 9.17) is 27.9 Å². The van der Waals surface area contributed by atoms with E-state index in [2.05, 4.69) is 10.2 Å². The highest BCUT2D eigenvalue weighted by Crippen LogP contribution is 2.31. The van der Waals surface area contributed by atoms with Crippen LogP contribution in [0.25, 0.3) is 0 Å². The Labute approximate surface area is 205 Å². The van der Waals surface area contributed by atoms with Gasteiger partial charge < -0.3 is 19.9 Å². The minimum Gasteiger partial charge on any atom is -0.482 e. The second kappa shape index (κ2) is 10.2. The molecule has 1 aliphatic heterocycles. The number of anilines is 2. The van der Waals surface area contributed by atoms with Crippen molar-refractivity contribution in [1.29, 1.82) is 0 Å². The lowest BCUT2D eigenvalue weighted by molar-refractivity contribution is -0.139. The molecule has 1 aliphatic rings. The van der Waals surface area contributed by atoms with Gasteiger partial charge in [0.05, 0.1) is 15.7 Å². The quantitative estimate of drug-likeness (QED) is 0.614. The van der Waals surface area contributed by atoms with E-state index in [-0.39, 0.29) is 23.8 Å². The smallest absolute Gasteiger partial charge is 0.262 e. The van der Waals surface area contributed by atoms with Gasteiger partial charge in [-0.1, -0.05) is 50.0 Å². The third kappa shape index (κ3) is 6.33. The number of benzene rings is 2. The minimum absolute atomic E-state index is 0.160. The average Bonchev–Trinajstić information content (AvgIpc) is 2.72. The molecule has 0 radical (unpaired) electrons. The number of carbonyl (C=O) groups excluding carboxylic acids is 2. The molecule has 2 aromatic carbocycles. The molecule has 0 unspecified atom stereocenters. The van der Waals surface area contributed by atoms with Crippen LogP contribution in [0.15, 0.2) is 30.3 Å². The summed E-state index contributed by atoms with van der Waals surface area (Å²) in [6.45, 7) is 12.2. The molecule has 0 saturated carbocycles. The maximum Gasteiger partial charge on any atom is 0.262 e. The highest BCUT2D eigenvalue weighted by Gasteiger charge is 2.30. The number of ether oxygens (including phenoxy) is 1. The van der Waals surface area contributed by atoms with Crippen LogP contribution in [0.3, 0.4) is 0 Å². The van der Waals surface area contributed by atoms with Crippen molar-refractivity contribution in [1.82, 2.24) is 4.90 Å². The van der Waals surface area contributed by atoms with Crippen LogP contribution in [0, 0.1) is 19.3 Å². The molecular formula is C25H31Cl2N3O3. The fourth-order valence-electron chi connectivity index (χ4n) is 3.89. The molecule has 178 valence electrons. The molecule has 8 heteroatoms. The van der Waals surface area contributed by atoms with Crippen LogP contribution in [0.1, 0.15) is 31.9 Å². The third-order valence-corrected chi connectivity index (χ3v) is 6.09. The van der Waals surface area contributed by atoms with Crippen molar-refractivity contribution in [3.63, 3.8) is 0 Å². The van der Waals surface area contributed by atoms with Gasteiger partial charge in [0.1, 0.15) is 5.75 Å². The molecule has 0 aromatic heterocycles. The summed E-state index contributed by atoms with van der Waals surface area (Å²) >= 11 is 12.8. The molecule has 1 N–H and O–H groups in total.